The quantitative estimate of drug-likeness (QED) is 0.559. The second-order valence-electron chi connectivity index (χ2n) is 7.23. The monoisotopic (exact) mass is 428 g/mol. The van der Waals surface area contributed by atoms with E-state index in [0.717, 1.165) is 24.1 Å². The van der Waals surface area contributed by atoms with Crippen LogP contribution in [0, 0.1) is 6.92 Å². The predicted molar refractivity (Wildman–Crippen MR) is 118 cm³/mol. The van der Waals surface area contributed by atoms with Crippen molar-refractivity contribution in [1.82, 2.24) is 20.2 Å². The van der Waals surface area contributed by atoms with Crippen LogP contribution in [-0.2, 0) is 11.2 Å². The molecule has 0 radical (unpaired) electrons. The van der Waals surface area contributed by atoms with E-state index in [2.05, 4.69) is 22.2 Å². The molecule has 0 aliphatic heterocycles. The van der Waals surface area contributed by atoms with Gasteiger partial charge in [-0.05, 0) is 37.5 Å². The Morgan fingerprint density at radius 3 is 2.48 bits per heavy atom. The Balaban J connectivity index is 1.85. The molecule has 8 heteroatoms. The Labute approximate surface area is 184 Å². The Hall–Kier alpha value is -3.16. The fraction of sp³-hybridized carbons (Fsp3) is 0.478. The molecule has 1 heterocycles. The maximum atomic E-state index is 12.8. The minimum atomic E-state index is -0.195. The van der Waals surface area contributed by atoms with Crippen molar-refractivity contribution >= 4 is 11.8 Å². The average Bonchev–Trinajstić information content (AvgIpc) is 2.79. The number of hydrogen-bond donors (Lipinski definition) is 1. The summed E-state index contributed by atoms with van der Waals surface area (Å²) in [5, 5.41) is 2.92. The molecule has 0 bridgehead atoms. The number of carbonyl (C=O) groups is 2. The SMILES string of the molecule is CCCCN(CCC(=O)NCCc1ccc(OC)c(OC)c1)C(=O)c1cnc(C)cn1. The second-order valence-corrected chi connectivity index (χ2v) is 7.23. The molecule has 1 aromatic carbocycles. The topological polar surface area (TPSA) is 93.7 Å². The number of hydrogen-bond acceptors (Lipinski definition) is 6. The van der Waals surface area contributed by atoms with Crippen molar-refractivity contribution in [3.05, 3.63) is 47.5 Å². The van der Waals surface area contributed by atoms with Crippen molar-refractivity contribution in [2.24, 2.45) is 0 Å². The molecular weight excluding hydrogens is 396 g/mol. The zero-order valence-electron chi connectivity index (χ0n) is 18.8. The minimum absolute atomic E-state index is 0.0928. The van der Waals surface area contributed by atoms with Crippen molar-refractivity contribution in [3.63, 3.8) is 0 Å². The molecule has 0 spiro atoms. The lowest BCUT2D eigenvalue weighted by molar-refractivity contribution is -0.121. The minimum Gasteiger partial charge on any atom is -0.493 e. The lowest BCUT2D eigenvalue weighted by Crippen LogP contribution is -2.36. The van der Waals surface area contributed by atoms with E-state index in [-0.39, 0.29) is 18.2 Å². The first-order chi connectivity index (χ1) is 15.0. The van der Waals surface area contributed by atoms with Gasteiger partial charge in [0.2, 0.25) is 5.91 Å². The zero-order valence-corrected chi connectivity index (χ0v) is 18.8. The van der Waals surface area contributed by atoms with Gasteiger partial charge < -0.3 is 19.7 Å². The fourth-order valence-electron chi connectivity index (χ4n) is 3.04. The third-order valence-corrected chi connectivity index (χ3v) is 4.86. The average molecular weight is 429 g/mol. The van der Waals surface area contributed by atoms with Gasteiger partial charge in [-0.15, -0.1) is 0 Å². The van der Waals surface area contributed by atoms with Gasteiger partial charge in [-0.2, -0.15) is 0 Å². The summed E-state index contributed by atoms with van der Waals surface area (Å²) >= 11 is 0. The summed E-state index contributed by atoms with van der Waals surface area (Å²) in [7, 11) is 3.19. The van der Waals surface area contributed by atoms with Gasteiger partial charge in [-0.1, -0.05) is 19.4 Å². The van der Waals surface area contributed by atoms with E-state index in [9.17, 15) is 9.59 Å². The molecule has 0 atom stereocenters. The van der Waals surface area contributed by atoms with Crippen LogP contribution in [0.15, 0.2) is 30.6 Å². The molecule has 0 saturated heterocycles. The molecule has 0 unspecified atom stereocenters. The smallest absolute Gasteiger partial charge is 0.274 e. The molecule has 1 N–H and O–H groups in total. The highest BCUT2D eigenvalue weighted by Crippen LogP contribution is 2.27. The molecule has 0 aliphatic carbocycles. The maximum absolute atomic E-state index is 12.8. The molecule has 0 saturated carbocycles. The number of rotatable bonds is 12. The van der Waals surface area contributed by atoms with Crippen LogP contribution in [0.3, 0.4) is 0 Å². The van der Waals surface area contributed by atoms with Crippen molar-refractivity contribution in [3.8, 4) is 11.5 Å². The lowest BCUT2D eigenvalue weighted by atomic mass is 10.1. The van der Waals surface area contributed by atoms with E-state index in [0.29, 0.717) is 43.2 Å². The Morgan fingerprint density at radius 1 is 1.06 bits per heavy atom. The number of amides is 2. The molecule has 2 rings (SSSR count). The second kappa shape index (κ2) is 12.5. The zero-order chi connectivity index (χ0) is 22.6. The van der Waals surface area contributed by atoms with E-state index in [1.807, 2.05) is 25.1 Å². The van der Waals surface area contributed by atoms with Crippen LogP contribution in [0.25, 0.3) is 0 Å². The number of ether oxygens (including phenoxy) is 2. The lowest BCUT2D eigenvalue weighted by Gasteiger charge is -2.22. The summed E-state index contributed by atoms with van der Waals surface area (Å²) in [5.41, 5.74) is 2.09. The van der Waals surface area contributed by atoms with Gasteiger partial charge in [0.15, 0.2) is 11.5 Å². The summed E-state index contributed by atoms with van der Waals surface area (Å²) in [6, 6.07) is 5.70. The van der Waals surface area contributed by atoms with Gasteiger partial charge in [0, 0.05) is 32.3 Å². The Bertz CT molecular complexity index is 855. The van der Waals surface area contributed by atoms with Crippen molar-refractivity contribution in [2.45, 2.75) is 39.5 Å². The number of nitrogens with zero attached hydrogens (tertiary/aromatic N) is 3. The number of aromatic nitrogens is 2. The van der Waals surface area contributed by atoms with Crippen molar-refractivity contribution < 1.29 is 19.1 Å². The number of nitrogens with one attached hydrogen (secondary N) is 1. The maximum Gasteiger partial charge on any atom is 0.274 e. The normalized spacial score (nSPS) is 10.5. The molecule has 168 valence electrons. The fourth-order valence-corrected chi connectivity index (χ4v) is 3.04. The van der Waals surface area contributed by atoms with Gasteiger partial charge in [0.05, 0.1) is 26.1 Å². The number of methoxy groups -OCH3 is 2. The first kappa shape index (κ1) is 24.1. The van der Waals surface area contributed by atoms with E-state index < -0.39 is 0 Å². The summed E-state index contributed by atoms with van der Waals surface area (Å²) in [6.45, 7) is 5.32. The molecule has 8 nitrogen and oxygen atoms in total. The highest BCUT2D eigenvalue weighted by molar-refractivity contribution is 5.92. The highest BCUT2D eigenvalue weighted by Gasteiger charge is 2.18. The Morgan fingerprint density at radius 2 is 1.84 bits per heavy atom. The van der Waals surface area contributed by atoms with Crippen molar-refractivity contribution in [1.29, 1.82) is 0 Å². The largest absolute Gasteiger partial charge is 0.493 e. The van der Waals surface area contributed by atoms with Gasteiger partial charge in [-0.3, -0.25) is 14.6 Å². The van der Waals surface area contributed by atoms with Gasteiger partial charge in [0.1, 0.15) is 5.69 Å². The predicted octanol–water partition coefficient (Wildman–Crippen LogP) is 2.79. The van der Waals surface area contributed by atoms with E-state index in [4.69, 9.17) is 9.47 Å². The van der Waals surface area contributed by atoms with Crippen LogP contribution in [0.2, 0.25) is 0 Å². The number of aryl methyl sites for hydroxylation is 1. The third kappa shape index (κ3) is 7.55. The van der Waals surface area contributed by atoms with Gasteiger partial charge in [0.25, 0.3) is 5.91 Å². The third-order valence-electron chi connectivity index (χ3n) is 4.86. The van der Waals surface area contributed by atoms with Gasteiger partial charge >= 0.3 is 0 Å². The molecule has 2 amide bonds. The van der Waals surface area contributed by atoms with Crippen LogP contribution in [0.5, 0.6) is 11.5 Å². The highest BCUT2D eigenvalue weighted by atomic mass is 16.5. The first-order valence-corrected chi connectivity index (χ1v) is 10.5. The standard InChI is InChI=1S/C23H32N4O4/c1-5-6-12-27(23(29)19-16-25-17(2)15-26-19)13-10-22(28)24-11-9-18-7-8-20(30-3)21(14-18)31-4/h7-8,14-16H,5-6,9-13H2,1-4H3,(H,24,28). The van der Waals surface area contributed by atoms with E-state index in [1.165, 1.54) is 6.20 Å². The first-order valence-electron chi connectivity index (χ1n) is 10.5. The summed E-state index contributed by atoms with van der Waals surface area (Å²) in [6.07, 6.45) is 5.79. The van der Waals surface area contributed by atoms with E-state index in [1.54, 1.807) is 25.3 Å². The van der Waals surface area contributed by atoms with E-state index >= 15 is 0 Å². The summed E-state index contributed by atoms with van der Waals surface area (Å²) < 4.78 is 10.5. The number of benzene rings is 1. The molecule has 1 aromatic heterocycles. The van der Waals surface area contributed by atoms with Gasteiger partial charge in [-0.25, -0.2) is 4.98 Å². The molecule has 0 fully saturated rings. The van der Waals surface area contributed by atoms with Crippen LogP contribution < -0.4 is 14.8 Å². The molecular formula is C23H32N4O4. The molecule has 31 heavy (non-hydrogen) atoms. The van der Waals surface area contributed by atoms with Crippen LogP contribution >= 0.6 is 0 Å². The molecule has 0 aliphatic rings. The van der Waals surface area contributed by atoms with Crippen LogP contribution in [0.1, 0.15) is 47.9 Å². The number of unbranched alkanes of at least 4 members (excludes halogenated alkanes) is 1. The number of carbonyl (C=O) groups excluding carboxylic acids is 2. The van der Waals surface area contributed by atoms with Crippen LogP contribution in [-0.4, -0.2) is 60.5 Å². The summed E-state index contributed by atoms with van der Waals surface area (Å²) in [5.74, 6) is 1.05. The molecule has 2 aromatic rings. The van der Waals surface area contributed by atoms with Crippen LogP contribution in [0.4, 0.5) is 0 Å². The summed E-state index contributed by atoms with van der Waals surface area (Å²) in [4.78, 5) is 35.1. The van der Waals surface area contributed by atoms with Crippen molar-refractivity contribution in [2.75, 3.05) is 33.9 Å². The Kier molecular flexibility index (Phi) is 9.74.